The van der Waals surface area contributed by atoms with E-state index in [1.165, 1.54) is 0 Å². The molecular formula is C12H17N3O2. The number of hydrogen-bond acceptors (Lipinski definition) is 4. The number of rotatable bonds is 3. The van der Waals surface area contributed by atoms with Crippen LogP contribution in [0.1, 0.15) is 5.56 Å². The number of carbonyl (C=O) groups is 1. The van der Waals surface area contributed by atoms with Gasteiger partial charge in [0.05, 0.1) is 19.1 Å². The Labute approximate surface area is 101 Å². The van der Waals surface area contributed by atoms with Crippen LogP contribution in [0.5, 0.6) is 0 Å². The number of hydrogen-bond donors (Lipinski definition) is 2. The van der Waals surface area contributed by atoms with E-state index in [2.05, 4.69) is 15.6 Å². The molecule has 2 N–H and O–H groups in total. The maximum Gasteiger partial charge on any atom is 0.232 e. The fourth-order valence-electron chi connectivity index (χ4n) is 1.86. The molecule has 1 aliphatic heterocycles. The van der Waals surface area contributed by atoms with E-state index in [9.17, 15) is 4.79 Å². The van der Waals surface area contributed by atoms with Crippen molar-refractivity contribution < 1.29 is 9.53 Å². The van der Waals surface area contributed by atoms with Gasteiger partial charge in [0.25, 0.3) is 0 Å². The maximum absolute atomic E-state index is 12.0. The van der Waals surface area contributed by atoms with Gasteiger partial charge in [0, 0.05) is 12.2 Å². The molecule has 2 atom stereocenters. The monoisotopic (exact) mass is 235 g/mol. The number of anilines is 1. The lowest BCUT2D eigenvalue weighted by atomic mass is 10.0. The Kier molecular flexibility index (Phi) is 3.71. The molecule has 0 radical (unpaired) electrons. The molecule has 5 heteroatoms. The van der Waals surface area contributed by atoms with Crippen molar-refractivity contribution in [3.63, 3.8) is 0 Å². The summed E-state index contributed by atoms with van der Waals surface area (Å²) in [7, 11) is 1.84. The standard InChI is InChI=1S/C12H17N3O2/c1-8-3-4-11(14-5-8)15-12(16)9-6-17-7-10(9)13-2/h3-5,9-10,13H,6-7H2,1-2H3,(H,14,15,16). The number of nitrogens with one attached hydrogen (secondary N) is 2. The second-order valence-electron chi connectivity index (χ2n) is 4.25. The lowest BCUT2D eigenvalue weighted by Gasteiger charge is -2.15. The smallest absolute Gasteiger partial charge is 0.232 e. The summed E-state index contributed by atoms with van der Waals surface area (Å²) in [6.45, 7) is 3.00. The van der Waals surface area contributed by atoms with Crippen LogP contribution in [0, 0.1) is 12.8 Å². The third-order valence-corrected chi connectivity index (χ3v) is 2.95. The van der Waals surface area contributed by atoms with Crippen molar-refractivity contribution in [2.75, 3.05) is 25.6 Å². The summed E-state index contributed by atoms with van der Waals surface area (Å²) in [5.74, 6) is 0.392. The van der Waals surface area contributed by atoms with Crippen LogP contribution < -0.4 is 10.6 Å². The number of carbonyl (C=O) groups excluding carboxylic acids is 1. The quantitative estimate of drug-likeness (QED) is 0.803. The van der Waals surface area contributed by atoms with Gasteiger partial charge in [-0.3, -0.25) is 4.79 Å². The summed E-state index contributed by atoms with van der Waals surface area (Å²) in [5.41, 5.74) is 1.07. The van der Waals surface area contributed by atoms with Crippen LogP contribution in [0.2, 0.25) is 0 Å². The third kappa shape index (κ3) is 2.81. The van der Waals surface area contributed by atoms with E-state index in [-0.39, 0.29) is 17.9 Å². The van der Waals surface area contributed by atoms with Gasteiger partial charge in [0.2, 0.25) is 5.91 Å². The first-order valence-corrected chi connectivity index (χ1v) is 5.69. The lowest BCUT2D eigenvalue weighted by Crippen LogP contribution is -2.39. The highest BCUT2D eigenvalue weighted by Crippen LogP contribution is 2.15. The van der Waals surface area contributed by atoms with E-state index in [0.29, 0.717) is 19.0 Å². The van der Waals surface area contributed by atoms with Crippen molar-refractivity contribution in [1.82, 2.24) is 10.3 Å². The fraction of sp³-hybridized carbons (Fsp3) is 0.500. The summed E-state index contributed by atoms with van der Waals surface area (Å²) in [5, 5.41) is 5.89. The maximum atomic E-state index is 12.0. The number of aryl methyl sites for hydroxylation is 1. The van der Waals surface area contributed by atoms with Gasteiger partial charge in [-0.2, -0.15) is 0 Å². The van der Waals surface area contributed by atoms with Gasteiger partial charge in [-0.1, -0.05) is 6.07 Å². The average molecular weight is 235 g/mol. The number of nitrogens with zero attached hydrogens (tertiary/aromatic N) is 1. The van der Waals surface area contributed by atoms with Crippen LogP contribution in [-0.4, -0.2) is 37.2 Å². The predicted octanol–water partition coefficient (Wildman–Crippen LogP) is 0.563. The minimum Gasteiger partial charge on any atom is -0.379 e. The summed E-state index contributed by atoms with van der Waals surface area (Å²) in [6, 6.07) is 3.81. The molecule has 0 spiro atoms. The molecule has 0 aliphatic carbocycles. The van der Waals surface area contributed by atoms with Crippen molar-refractivity contribution in [3.05, 3.63) is 23.9 Å². The molecule has 92 valence electrons. The highest BCUT2D eigenvalue weighted by molar-refractivity contribution is 5.92. The van der Waals surface area contributed by atoms with Gasteiger partial charge in [-0.05, 0) is 25.6 Å². The van der Waals surface area contributed by atoms with Gasteiger partial charge in [-0.25, -0.2) is 4.98 Å². The summed E-state index contributed by atoms with van der Waals surface area (Å²) >= 11 is 0. The van der Waals surface area contributed by atoms with Crippen LogP contribution in [0.3, 0.4) is 0 Å². The van der Waals surface area contributed by atoms with Crippen LogP contribution >= 0.6 is 0 Å². The summed E-state index contributed by atoms with van der Waals surface area (Å²) in [6.07, 6.45) is 1.73. The molecule has 2 heterocycles. The second-order valence-corrected chi connectivity index (χ2v) is 4.25. The lowest BCUT2D eigenvalue weighted by molar-refractivity contribution is -0.120. The number of ether oxygens (including phenoxy) is 1. The van der Waals surface area contributed by atoms with Gasteiger partial charge in [0.1, 0.15) is 5.82 Å². The van der Waals surface area contributed by atoms with E-state index in [1.54, 1.807) is 12.3 Å². The molecule has 1 aromatic rings. The largest absolute Gasteiger partial charge is 0.379 e. The molecule has 1 aliphatic rings. The van der Waals surface area contributed by atoms with Crippen molar-refractivity contribution in [1.29, 1.82) is 0 Å². The summed E-state index contributed by atoms with van der Waals surface area (Å²) in [4.78, 5) is 16.1. The van der Waals surface area contributed by atoms with E-state index in [4.69, 9.17) is 4.74 Å². The van der Waals surface area contributed by atoms with Gasteiger partial charge < -0.3 is 15.4 Å². The zero-order valence-electron chi connectivity index (χ0n) is 10.1. The molecule has 0 aromatic carbocycles. The molecule has 0 saturated carbocycles. The predicted molar refractivity (Wildman–Crippen MR) is 64.8 cm³/mol. The minimum absolute atomic E-state index is 0.0433. The Morgan fingerprint density at radius 2 is 2.29 bits per heavy atom. The highest BCUT2D eigenvalue weighted by atomic mass is 16.5. The number of pyridine rings is 1. The Bertz CT molecular complexity index is 391. The summed E-state index contributed by atoms with van der Waals surface area (Å²) < 4.78 is 5.29. The Hall–Kier alpha value is -1.46. The van der Waals surface area contributed by atoms with Gasteiger partial charge in [-0.15, -0.1) is 0 Å². The molecule has 1 amide bonds. The number of aromatic nitrogens is 1. The van der Waals surface area contributed by atoms with Crippen molar-refractivity contribution in [3.8, 4) is 0 Å². The van der Waals surface area contributed by atoms with Crippen LogP contribution in [-0.2, 0) is 9.53 Å². The zero-order chi connectivity index (χ0) is 12.3. The van der Waals surface area contributed by atoms with Crippen LogP contribution in [0.4, 0.5) is 5.82 Å². The van der Waals surface area contributed by atoms with Crippen molar-refractivity contribution in [2.24, 2.45) is 5.92 Å². The highest BCUT2D eigenvalue weighted by Gasteiger charge is 2.33. The van der Waals surface area contributed by atoms with Gasteiger partial charge in [0.15, 0.2) is 0 Å². The SMILES string of the molecule is CNC1COCC1C(=O)Nc1ccc(C)cn1. The molecular weight excluding hydrogens is 218 g/mol. The Morgan fingerprint density at radius 3 is 2.94 bits per heavy atom. The van der Waals surface area contributed by atoms with E-state index >= 15 is 0 Å². The Balaban J connectivity index is 1.99. The molecule has 0 bridgehead atoms. The number of likely N-dealkylation sites (N-methyl/N-ethyl adjacent to an activating group) is 1. The molecule has 1 fully saturated rings. The molecule has 1 saturated heterocycles. The van der Waals surface area contributed by atoms with E-state index < -0.39 is 0 Å². The molecule has 2 rings (SSSR count). The number of amides is 1. The van der Waals surface area contributed by atoms with E-state index in [1.807, 2.05) is 20.0 Å². The first-order valence-electron chi connectivity index (χ1n) is 5.69. The normalized spacial score (nSPS) is 23.6. The van der Waals surface area contributed by atoms with E-state index in [0.717, 1.165) is 5.56 Å². The topological polar surface area (TPSA) is 63.2 Å². The average Bonchev–Trinajstić information content (AvgIpc) is 2.80. The van der Waals surface area contributed by atoms with Gasteiger partial charge >= 0.3 is 0 Å². The molecule has 5 nitrogen and oxygen atoms in total. The van der Waals surface area contributed by atoms with Crippen LogP contribution in [0.25, 0.3) is 0 Å². The first kappa shape index (κ1) is 12.0. The molecule has 2 unspecified atom stereocenters. The van der Waals surface area contributed by atoms with Crippen LogP contribution in [0.15, 0.2) is 18.3 Å². The Morgan fingerprint density at radius 1 is 1.47 bits per heavy atom. The second kappa shape index (κ2) is 5.25. The molecule has 1 aromatic heterocycles. The van der Waals surface area contributed by atoms with Crippen molar-refractivity contribution in [2.45, 2.75) is 13.0 Å². The third-order valence-electron chi connectivity index (χ3n) is 2.95. The first-order chi connectivity index (χ1) is 8.20. The molecule has 17 heavy (non-hydrogen) atoms. The van der Waals surface area contributed by atoms with Crippen molar-refractivity contribution >= 4 is 11.7 Å². The minimum atomic E-state index is -0.150. The fourth-order valence-corrected chi connectivity index (χ4v) is 1.86. The zero-order valence-corrected chi connectivity index (χ0v) is 10.1.